The highest BCUT2D eigenvalue weighted by atomic mass is 16.6. The number of likely N-dealkylation sites (tertiary alicyclic amines) is 1. The van der Waals surface area contributed by atoms with Crippen LogP contribution in [0.4, 0.5) is 10.5 Å². The van der Waals surface area contributed by atoms with E-state index in [0.717, 1.165) is 37.6 Å². The van der Waals surface area contributed by atoms with Crippen LogP contribution in [0.15, 0.2) is 18.5 Å². The molecular weight excluding hydrogens is 294 g/mol. The first-order valence-electron chi connectivity index (χ1n) is 8.07. The number of carbonyl (C=O) groups excluding carboxylic acids is 1. The molecule has 23 heavy (non-hydrogen) atoms. The van der Waals surface area contributed by atoms with Gasteiger partial charge in [0.25, 0.3) is 0 Å². The second kappa shape index (κ2) is 5.91. The number of aromatic nitrogens is 1. The fraction of sp³-hybridized carbons (Fsp3) is 0.647. The minimum Gasteiger partial charge on any atom is -0.495 e. The third kappa shape index (κ3) is 3.51. The fourth-order valence-corrected chi connectivity index (χ4v) is 3.37. The molecule has 3 rings (SSSR count). The summed E-state index contributed by atoms with van der Waals surface area (Å²) < 4.78 is 10.7. The molecule has 0 N–H and O–H groups in total. The van der Waals surface area contributed by atoms with Gasteiger partial charge < -0.3 is 19.3 Å². The summed E-state index contributed by atoms with van der Waals surface area (Å²) in [6.07, 6.45) is 3.39. The van der Waals surface area contributed by atoms with Gasteiger partial charge in [0.15, 0.2) is 0 Å². The normalized spacial score (nSPS) is 23.8. The van der Waals surface area contributed by atoms with Crippen molar-refractivity contribution in [3.05, 3.63) is 18.5 Å². The molecule has 0 aliphatic carbocycles. The second-order valence-corrected chi connectivity index (χ2v) is 7.39. The van der Waals surface area contributed by atoms with Gasteiger partial charge in [-0.15, -0.1) is 0 Å². The van der Waals surface area contributed by atoms with Gasteiger partial charge in [-0.3, -0.25) is 4.98 Å². The predicted octanol–water partition coefficient (Wildman–Crippen LogP) is 2.39. The van der Waals surface area contributed by atoms with E-state index in [1.54, 1.807) is 13.3 Å². The lowest BCUT2D eigenvalue weighted by atomic mass is 10.0. The Hall–Kier alpha value is -1.98. The zero-order valence-corrected chi connectivity index (χ0v) is 14.3. The molecule has 2 aliphatic heterocycles. The highest BCUT2D eigenvalue weighted by Crippen LogP contribution is 2.35. The van der Waals surface area contributed by atoms with Crippen LogP contribution in [0.25, 0.3) is 0 Å². The Morgan fingerprint density at radius 1 is 1.17 bits per heavy atom. The average molecular weight is 319 g/mol. The van der Waals surface area contributed by atoms with Crippen LogP contribution in [0.2, 0.25) is 0 Å². The van der Waals surface area contributed by atoms with Gasteiger partial charge in [0.1, 0.15) is 11.4 Å². The van der Waals surface area contributed by atoms with Crippen molar-refractivity contribution < 1.29 is 14.3 Å². The van der Waals surface area contributed by atoms with E-state index < -0.39 is 5.60 Å². The van der Waals surface area contributed by atoms with Gasteiger partial charge in [0.2, 0.25) is 0 Å². The summed E-state index contributed by atoms with van der Waals surface area (Å²) in [4.78, 5) is 20.6. The van der Waals surface area contributed by atoms with E-state index >= 15 is 0 Å². The quantitative estimate of drug-likeness (QED) is 0.838. The summed E-state index contributed by atoms with van der Waals surface area (Å²) in [5.74, 6) is 1.76. The summed E-state index contributed by atoms with van der Waals surface area (Å²) >= 11 is 0. The van der Waals surface area contributed by atoms with Gasteiger partial charge in [-0.25, -0.2) is 4.79 Å². The first kappa shape index (κ1) is 15.9. The molecule has 2 fully saturated rings. The smallest absolute Gasteiger partial charge is 0.410 e. The maximum absolute atomic E-state index is 12.2. The number of rotatable bonds is 2. The summed E-state index contributed by atoms with van der Waals surface area (Å²) in [5.41, 5.74) is 0.648. The summed E-state index contributed by atoms with van der Waals surface area (Å²) in [6.45, 7) is 9.14. The fourth-order valence-electron chi connectivity index (χ4n) is 3.37. The number of methoxy groups -OCH3 is 1. The van der Waals surface area contributed by atoms with Crippen LogP contribution in [-0.4, -0.2) is 54.9 Å². The molecule has 1 aromatic heterocycles. The number of hydrogen-bond donors (Lipinski definition) is 0. The van der Waals surface area contributed by atoms with E-state index in [1.165, 1.54) is 0 Å². The number of ether oxygens (including phenoxy) is 2. The lowest BCUT2D eigenvalue weighted by Crippen LogP contribution is -2.37. The van der Waals surface area contributed by atoms with E-state index in [9.17, 15) is 4.79 Å². The Morgan fingerprint density at radius 3 is 2.39 bits per heavy atom. The first-order valence-corrected chi connectivity index (χ1v) is 8.07. The van der Waals surface area contributed by atoms with Crippen LogP contribution in [0.1, 0.15) is 20.8 Å². The molecular formula is C17H25N3O3. The topological polar surface area (TPSA) is 54.9 Å². The molecule has 0 aromatic carbocycles. The number of carbonyl (C=O) groups is 1. The average Bonchev–Trinajstić information content (AvgIpc) is 3.04. The highest BCUT2D eigenvalue weighted by molar-refractivity contribution is 5.68. The number of nitrogens with zero attached hydrogens (tertiary/aromatic N) is 3. The van der Waals surface area contributed by atoms with Crippen molar-refractivity contribution in [1.82, 2.24) is 9.88 Å². The van der Waals surface area contributed by atoms with Crippen LogP contribution in [0, 0.1) is 11.8 Å². The predicted molar refractivity (Wildman–Crippen MR) is 87.8 cm³/mol. The molecule has 6 nitrogen and oxygen atoms in total. The van der Waals surface area contributed by atoms with Gasteiger partial charge in [0.05, 0.1) is 25.2 Å². The van der Waals surface area contributed by atoms with Crippen molar-refractivity contribution in [1.29, 1.82) is 0 Å². The number of amides is 1. The van der Waals surface area contributed by atoms with Crippen molar-refractivity contribution in [2.45, 2.75) is 26.4 Å². The summed E-state index contributed by atoms with van der Waals surface area (Å²) in [5, 5.41) is 0. The van der Waals surface area contributed by atoms with Crippen LogP contribution >= 0.6 is 0 Å². The van der Waals surface area contributed by atoms with Crippen LogP contribution in [0.5, 0.6) is 5.75 Å². The zero-order chi connectivity index (χ0) is 16.6. The Bertz CT molecular complexity index is 571. The van der Waals surface area contributed by atoms with Crippen LogP contribution < -0.4 is 9.64 Å². The molecule has 1 amide bonds. The molecule has 3 heterocycles. The van der Waals surface area contributed by atoms with E-state index in [2.05, 4.69) is 9.88 Å². The monoisotopic (exact) mass is 319 g/mol. The third-order valence-electron chi connectivity index (χ3n) is 4.44. The molecule has 2 saturated heterocycles. The molecule has 2 aliphatic rings. The molecule has 0 bridgehead atoms. The minimum atomic E-state index is -0.437. The second-order valence-electron chi connectivity index (χ2n) is 7.39. The van der Waals surface area contributed by atoms with Crippen molar-refractivity contribution in [2.75, 3.05) is 38.2 Å². The number of hydrogen-bond acceptors (Lipinski definition) is 5. The molecule has 6 heteroatoms. The molecule has 126 valence electrons. The highest BCUT2D eigenvalue weighted by Gasteiger charge is 2.42. The van der Waals surface area contributed by atoms with Crippen LogP contribution in [0.3, 0.4) is 0 Å². The van der Waals surface area contributed by atoms with E-state index in [0.29, 0.717) is 11.8 Å². The van der Waals surface area contributed by atoms with Gasteiger partial charge in [-0.1, -0.05) is 0 Å². The van der Waals surface area contributed by atoms with Gasteiger partial charge in [0, 0.05) is 44.1 Å². The Labute approximate surface area is 137 Å². The lowest BCUT2D eigenvalue weighted by Gasteiger charge is -2.26. The SMILES string of the molecule is COc1cncc(N2CC3CN(C(=O)OC(C)(C)C)CC3C2)c1. The maximum Gasteiger partial charge on any atom is 0.410 e. The number of anilines is 1. The van der Waals surface area contributed by atoms with E-state index in [4.69, 9.17) is 9.47 Å². The number of fused-ring (bicyclic) bond motifs is 1. The minimum absolute atomic E-state index is 0.193. The molecule has 0 radical (unpaired) electrons. The molecule has 1 aromatic rings. The van der Waals surface area contributed by atoms with E-state index in [-0.39, 0.29) is 6.09 Å². The van der Waals surface area contributed by atoms with Crippen molar-refractivity contribution in [2.24, 2.45) is 11.8 Å². The summed E-state index contributed by atoms with van der Waals surface area (Å²) in [7, 11) is 1.65. The summed E-state index contributed by atoms with van der Waals surface area (Å²) in [6, 6.07) is 2.01. The number of pyridine rings is 1. The van der Waals surface area contributed by atoms with Crippen molar-refractivity contribution in [3.63, 3.8) is 0 Å². The van der Waals surface area contributed by atoms with Gasteiger partial charge >= 0.3 is 6.09 Å². The van der Waals surface area contributed by atoms with Gasteiger partial charge in [-0.2, -0.15) is 0 Å². The maximum atomic E-state index is 12.2. The Balaban J connectivity index is 1.60. The Morgan fingerprint density at radius 2 is 1.83 bits per heavy atom. The molecule has 0 saturated carbocycles. The molecule has 2 unspecified atom stereocenters. The van der Waals surface area contributed by atoms with Gasteiger partial charge in [-0.05, 0) is 20.8 Å². The van der Waals surface area contributed by atoms with E-state index in [1.807, 2.05) is 37.9 Å². The lowest BCUT2D eigenvalue weighted by molar-refractivity contribution is 0.0282. The van der Waals surface area contributed by atoms with Crippen molar-refractivity contribution in [3.8, 4) is 5.75 Å². The van der Waals surface area contributed by atoms with Crippen LogP contribution in [-0.2, 0) is 4.74 Å². The third-order valence-corrected chi connectivity index (χ3v) is 4.44. The molecule has 0 spiro atoms. The molecule has 2 atom stereocenters. The Kier molecular flexibility index (Phi) is 4.08. The first-order chi connectivity index (χ1) is 10.9. The zero-order valence-electron chi connectivity index (χ0n) is 14.3. The largest absolute Gasteiger partial charge is 0.495 e. The standard InChI is InChI=1S/C17H25N3O3/c1-17(2,3)23-16(21)20-10-12-8-19(9-13(12)11-20)14-5-15(22-4)7-18-6-14/h5-7,12-13H,8-11H2,1-4H3. The van der Waals surface area contributed by atoms with Crippen molar-refractivity contribution >= 4 is 11.8 Å².